The van der Waals surface area contributed by atoms with Gasteiger partial charge in [-0.15, -0.1) is 0 Å². The predicted octanol–water partition coefficient (Wildman–Crippen LogP) is 3.02. The standard InChI is InChI=1S/C16H22N2O3/c1-16(8-2-3-9-16)11-17-15(21)18-13-6-4-12(5-7-13)10-14(19)20/h4-7H,2-3,8-11H2,1H3,(H,19,20)(H2,17,18,21). The Bertz CT molecular complexity index is 505. The van der Waals surface area contributed by atoms with Gasteiger partial charge in [-0.05, 0) is 36.0 Å². The van der Waals surface area contributed by atoms with E-state index < -0.39 is 5.97 Å². The van der Waals surface area contributed by atoms with Crippen molar-refractivity contribution in [1.29, 1.82) is 0 Å². The summed E-state index contributed by atoms with van der Waals surface area (Å²) in [6.45, 7) is 2.90. The number of amides is 2. The van der Waals surface area contributed by atoms with E-state index in [2.05, 4.69) is 17.6 Å². The molecule has 1 aliphatic rings. The Labute approximate surface area is 124 Å². The maximum absolute atomic E-state index is 11.9. The fourth-order valence-electron chi connectivity index (χ4n) is 2.75. The SMILES string of the molecule is CC1(CNC(=O)Nc2ccc(CC(=O)O)cc2)CCCC1. The number of urea groups is 1. The second kappa shape index (κ2) is 6.61. The average Bonchev–Trinajstić information content (AvgIpc) is 2.86. The molecule has 0 heterocycles. The number of carboxylic acid groups (broad SMARTS) is 1. The highest BCUT2D eigenvalue weighted by Crippen LogP contribution is 2.36. The first-order valence-electron chi connectivity index (χ1n) is 7.32. The van der Waals surface area contributed by atoms with Gasteiger partial charge in [0.05, 0.1) is 6.42 Å². The van der Waals surface area contributed by atoms with E-state index in [9.17, 15) is 9.59 Å². The molecule has 1 aliphatic carbocycles. The third-order valence-electron chi connectivity index (χ3n) is 4.05. The normalized spacial score (nSPS) is 16.4. The van der Waals surface area contributed by atoms with Crippen molar-refractivity contribution in [2.45, 2.75) is 39.0 Å². The van der Waals surface area contributed by atoms with Gasteiger partial charge in [0.25, 0.3) is 0 Å². The van der Waals surface area contributed by atoms with Gasteiger partial charge < -0.3 is 15.7 Å². The van der Waals surface area contributed by atoms with Gasteiger partial charge in [-0.25, -0.2) is 4.79 Å². The van der Waals surface area contributed by atoms with Crippen LogP contribution in [-0.2, 0) is 11.2 Å². The molecule has 5 heteroatoms. The Morgan fingerprint density at radius 1 is 1.19 bits per heavy atom. The largest absolute Gasteiger partial charge is 0.481 e. The van der Waals surface area contributed by atoms with Crippen LogP contribution in [0.5, 0.6) is 0 Å². The van der Waals surface area contributed by atoms with Crippen LogP contribution < -0.4 is 10.6 Å². The van der Waals surface area contributed by atoms with E-state index in [1.54, 1.807) is 24.3 Å². The van der Waals surface area contributed by atoms with E-state index in [-0.39, 0.29) is 17.9 Å². The van der Waals surface area contributed by atoms with Gasteiger partial charge >= 0.3 is 12.0 Å². The Morgan fingerprint density at radius 3 is 2.38 bits per heavy atom. The quantitative estimate of drug-likeness (QED) is 0.780. The minimum absolute atomic E-state index is 0.00910. The fourth-order valence-corrected chi connectivity index (χ4v) is 2.75. The highest BCUT2D eigenvalue weighted by molar-refractivity contribution is 5.89. The summed E-state index contributed by atoms with van der Waals surface area (Å²) in [7, 11) is 0. The van der Waals surface area contributed by atoms with Gasteiger partial charge in [-0.1, -0.05) is 31.9 Å². The smallest absolute Gasteiger partial charge is 0.319 e. The van der Waals surface area contributed by atoms with Gasteiger partial charge in [-0.2, -0.15) is 0 Å². The number of carbonyl (C=O) groups is 2. The molecule has 2 amide bonds. The second-order valence-corrected chi connectivity index (χ2v) is 6.09. The summed E-state index contributed by atoms with van der Waals surface area (Å²) in [5.74, 6) is -0.863. The van der Waals surface area contributed by atoms with Crippen molar-refractivity contribution < 1.29 is 14.7 Å². The van der Waals surface area contributed by atoms with Crippen LogP contribution in [-0.4, -0.2) is 23.7 Å². The molecular weight excluding hydrogens is 268 g/mol. The van der Waals surface area contributed by atoms with Gasteiger partial charge in [-0.3, -0.25) is 4.79 Å². The van der Waals surface area contributed by atoms with Gasteiger partial charge in [0.15, 0.2) is 0 Å². The Morgan fingerprint density at radius 2 is 1.81 bits per heavy atom. The number of nitrogens with one attached hydrogen (secondary N) is 2. The Hall–Kier alpha value is -2.04. The van der Waals surface area contributed by atoms with Crippen LogP contribution in [0.25, 0.3) is 0 Å². The fraction of sp³-hybridized carbons (Fsp3) is 0.500. The summed E-state index contributed by atoms with van der Waals surface area (Å²) in [6, 6.07) is 6.64. The first-order chi connectivity index (χ1) is 9.97. The molecule has 1 aromatic rings. The van der Waals surface area contributed by atoms with E-state index in [0.717, 1.165) is 12.8 Å². The Kier molecular flexibility index (Phi) is 4.83. The summed E-state index contributed by atoms with van der Waals surface area (Å²) >= 11 is 0. The maximum atomic E-state index is 11.9. The number of hydrogen-bond donors (Lipinski definition) is 3. The second-order valence-electron chi connectivity index (χ2n) is 6.09. The molecule has 3 N–H and O–H groups in total. The van der Waals surface area contributed by atoms with Crippen molar-refractivity contribution in [3.8, 4) is 0 Å². The number of benzene rings is 1. The number of anilines is 1. The topological polar surface area (TPSA) is 78.4 Å². The van der Waals surface area contributed by atoms with Crippen LogP contribution in [0.3, 0.4) is 0 Å². The minimum Gasteiger partial charge on any atom is -0.481 e. The molecule has 1 aromatic carbocycles. The molecule has 0 unspecified atom stereocenters. The highest BCUT2D eigenvalue weighted by atomic mass is 16.4. The lowest BCUT2D eigenvalue weighted by atomic mass is 9.89. The summed E-state index contributed by atoms with van der Waals surface area (Å²) in [4.78, 5) is 22.5. The van der Waals surface area contributed by atoms with Crippen molar-refractivity contribution in [3.05, 3.63) is 29.8 Å². The molecular formula is C16H22N2O3. The molecule has 0 atom stereocenters. The third-order valence-corrected chi connectivity index (χ3v) is 4.05. The molecule has 0 spiro atoms. The van der Waals surface area contributed by atoms with Crippen molar-refractivity contribution in [3.63, 3.8) is 0 Å². The Balaban J connectivity index is 1.80. The monoisotopic (exact) mass is 290 g/mol. The summed E-state index contributed by atoms with van der Waals surface area (Å²) in [6.07, 6.45) is 4.80. The van der Waals surface area contributed by atoms with Crippen LogP contribution in [0.2, 0.25) is 0 Å². The molecule has 5 nitrogen and oxygen atoms in total. The molecule has 1 fully saturated rings. The number of hydrogen-bond acceptors (Lipinski definition) is 2. The average molecular weight is 290 g/mol. The van der Waals surface area contributed by atoms with E-state index in [1.165, 1.54) is 12.8 Å². The first-order valence-corrected chi connectivity index (χ1v) is 7.32. The molecule has 0 aromatic heterocycles. The molecule has 0 saturated heterocycles. The maximum Gasteiger partial charge on any atom is 0.319 e. The van der Waals surface area contributed by atoms with Crippen LogP contribution in [0.1, 0.15) is 38.2 Å². The lowest BCUT2D eigenvalue weighted by molar-refractivity contribution is -0.136. The van der Waals surface area contributed by atoms with Crippen molar-refractivity contribution in [2.75, 3.05) is 11.9 Å². The van der Waals surface area contributed by atoms with Crippen LogP contribution >= 0.6 is 0 Å². The lowest BCUT2D eigenvalue weighted by Gasteiger charge is -2.23. The zero-order valence-corrected chi connectivity index (χ0v) is 12.3. The molecule has 0 bridgehead atoms. The van der Waals surface area contributed by atoms with E-state index >= 15 is 0 Å². The van der Waals surface area contributed by atoms with E-state index in [4.69, 9.17) is 5.11 Å². The number of carboxylic acids is 1. The summed E-state index contributed by atoms with van der Waals surface area (Å²) in [5, 5.41) is 14.4. The van der Waals surface area contributed by atoms with E-state index in [1.807, 2.05) is 0 Å². The minimum atomic E-state index is -0.863. The third kappa shape index (κ3) is 4.77. The predicted molar refractivity (Wildman–Crippen MR) is 81.4 cm³/mol. The van der Waals surface area contributed by atoms with Crippen LogP contribution in [0.4, 0.5) is 10.5 Å². The zero-order chi connectivity index (χ0) is 15.3. The summed E-state index contributed by atoms with van der Waals surface area (Å²) in [5.41, 5.74) is 1.60. The van der Waals surface area contributed by atoms with Crippen LogP contribution in [0, 0.1) is 5.41 Å². The molecule has 21 heavy (non-hydrogen) atoms. The van der Waals surface area contributed by atoms with Gasteiger partial charge in [0.2, 0.25) is 0 Å². The zero-order valence-electron chi connectivity index (χ0n) is 12.3. The molecule has 0 aliphatic heterocycles. The van der Waals surface area contributed by atoms with E-state index in [0.29, 0.717) is 17.8 Å². The molecule has 0 radical (unpaired) electrons. The first kappa shape index (κ1) is 15.4. The van der Waals surface area contributed by atoms with Gasteiger partial charge in [0.1, 0.15) is 0 Å². The highest BCUT2D eigenvalue weighted by Gasteiger charge is 2.28. The number of rotatable bonds is 5. The van der Waals surface area contributed by atoms with Crippen LogP contribution in [0.15, 0.2) is 24.3 Å². The summed E-state index contributed by atoms with van der Waals surface area (Å²) < 4.78 is 0. The molecule has 2 rings (SSSR count). The lowest BCUT2D eigenvalue weighted by Crippen LogP contribution is -2.36. The number of aliphatic carboxylic acids is 1. The van der Waals surface area contributed by atoms with Crippen molar-refractivity contribution in [2.24, 2.45) is 5.41 Å². The van der Waals surface area contributed by atoms with Crippen molar-refractivity contribution in [1.82, 2.24) is 5.32 Å². The molecule has 1 saturated carbocycles. The molecule has 114 valence electrons. The van der Waals surface area contributed by atoms with Gasteiger partial charge in [0, 0.05) is 12.2 Å². The van der Waals surface area contributed by atoms with Crippen molar-refractivity contribution >= 4 is 17.7 Å². The number of carbonyl (C=O) groups excluding carboxylic acids is 1.